The Morgan fingerprint density at radius 1 is 1.33 bits per heavy atom. The molecule has 12 heavy (non-hydrogen) atoms. The van der Waals surface area contributed by atoms with Crippen LogP contribution in [0.15, 0.2) is 0 Å². The van der Waals surface area contributed by atoms with Crippen molar-refractivity contribution in [3.8, 4) is 0 Å². The van der Waals surface area contributed by atoms with E-state index < -0.39 is 12.6 Å². The molecule has 0 saturated heterocycles. The van der Waals surface area contributed by atoms with E-state index in [9.17, 15) is 14.0 Å². The number of nitrogens with one attached hydrogen (secondary N) is 1. The number of amides is 2. The lowest BCUT2D eigenvalue weighted by Gasteiger charge is -2.01. The van der Waals surface area contributed by atoms with Crippen molar-refractivity contribution in [2.24, 2.45) is 5.73 Å². The average Bonchev–Trinajstić information content (AvgIpc) is 2.00. The maximum absolute atomic E-state index is 11.5. The Hall–Kier alpha value is -1.13. The lowest BCUT2D eigenvalue weighted by Crippen LogP contribution is -2.27. The number of carbonyl (C=O) groups is 2. The van der Waals surface area contributed by atoms with Gasteiger partial charge < -0.3 is 11.1 Å². The summed E-state index contributed by atoms with van der Waals surface area (Å²) in [6.45, 7) is -0.260. The molecule has 0 saturated carbocycles. The average molecular weight is 176 g/mol. The van der Waals surface area contributed by atoms with Gasteiger partial charge in [0.1, 0.15) is 0 Å². The Morgan fingerprint density at radius 2 is 2.00 bits per heavy atom. The molecule has 70 valence electrons. The largest absolute Gasteiger partial charge is 0.370 e. The number of halogens is 1. The molecule has 0 aromatic rings. The highest BCUT2D eigenvalue weighted by molar-refractivity contribution is 5.77. The minimum Gasteiger partial charge on any atom is -0.370 e. The second-order valence-corrected chi connectivity index (χ2v) is 2.36. The van der Waals surface area contributed by atoms with Crippen LogP contribution in [0.2, 0.25) is 0 Å². The number of rotatable bonds is 6. The predicted octanol–water partition coefficient (Wildman–Crippen LogP) is -0.272. The van der Waals surface area contributed by atoms with Crippen LogP contribution < -0.4 is 11.1 Å². The summed E-state index contributed by atoms with van der Waals surface area (Å²) in [5.74, 6) is -0.699. The number of nitrogens with two attached hydrogens (primary N) is 1. The normalized spacial score (nSPS) is 9.42. The SMILES string of the molecule is NC(=O)CCNC(=O)CCCF. The Kier molecular flexibility index (Phi) is 5.95. The molecule has 0 aromatic carbocycles. The van der Waals surface area contributed by atoms with Crippen molar-refractivity contribution in [3.05, 3.63) is 0 Å². The van der Waals surface area contributed by atoms with Gasteiger partial charge in [0.15, 0.2) is 0 Å². The van der Waals surface area contributed by atoms with Crippen LogP contribution in [0.3, 0.4) is 0 Å². The summed E-state index contributed by atoms with van der Waals surface area (Å²) in [5, 5.41) is 2.44. The van der Waals surface area contributed by atoms with Gasteiger partial charge in [0.2, 0.25) is 11.8 Å². The van der Waals surface area contributed by atoms with Crippen molar-refractivity contribution < 1.29 is 14.0 Å². The molecule has 0 aromatic heterocycles. The van der Waals surface area contributed by atoms with Gasteiger partial charge in [-0.3, -0.25) is 14.0 Å². The predicted molar refractivity (Wildman–Crippen MR) is 42.0 cm³/mol. The van der Waals surface area contributed by atoms with E-state index in [2.05, 4.69) is 5.32 Å². The summed E-state index contributed by atoms with van der Waals surface area (Å²) in [5.41, 5.74) is 4.83. The van der Waals surface area contributed by atoms with Crippen molar-refractivity contribution >= 4 is 11.8 Å². The molecule has 5 heteroatoms. The fraction of sp³-hybridized carbons (Fsp3) is 0.714. The van der Waals surface area contributed by atoms with Crippen LogP contribution in [0.5, 0.6) is 0 Å². The minimum absolute atomic E-state index is 0.126. The van der Waals surface area contributed by atoms with E-state index in [1.165, 1.54) is 0 Å². The fourth-order valence-corrected chi connectivity index (χ4v) is 0.641. The molecule has 0 fully saturated rings. The number of carbonyl (C=O) groups excluding carboxylic acids is 2. The van der Waals surface area contributed by atoms with Crippen LogP contribution >= 0.6 is 0 Å². The molecule has 2 amide bonds. The van der Waals surface area contributed by atoms with Crippen LogP contribution in [-0.2, 0) is 9.59 Å². The number of hydrogen-bond acceptors (Lipinski definition) is 2. The highest BCUT2D eigenvalue weighted by Gasteiger charge is 2.00. The molecule has 4 nitrogen and oxygen atoms in total. The summed E-state index contributed by atoms with van der Waals surface area (Å²) >= 11 is 0. The highest BCUT2D eigenvalue weighted by Crippen LogP contribution is 1.88. The molecular weight excluding hydrogens is 163 g/mol. The highest BCUT2D eigenvalue weighted by atomic mass is 19.1. The lowest BCUT2D eigenvalue weighted by molar-refractivity contribution is -0.121. The van der Waals surface area contributed by atoms with Gasteiger partial charge in [-0.15, -0.1) is 0 Å². The van der Waals surface area contributed by atoms with E-state index in [0.717, 1.165) is 0 Å². The van der Waals surface area contributed by atoms with Crippen LogP contribution in [0.25, 0.3) is 0 Å². The molecule has 0 aliphatic rings. The quantitative estimate of drug-likeness (QED) is 0.584. The first-order chi connectivity index (χ1) is 5.66. The number of primary amides is 1. The molecule has 0 rings (SSSR count). The third-order valence-corrected chi connectivity index (χ3v) is 1.23. The van der Waals surface area contributed by atoms with Gasteiger partial charge in [0.05, 0.1) is 6.67 Å². The van der Waals surface area contributed by atoms with E-state index >= 15 is 0 Å². The van der Waals surface area contributed by atoms with E-state index in [-0.39, 0.29) is 31.7 Å². The van der Waals surface area contributed by atoms with Crippen molar-refractivity contribution in [1.82, 2.24) is 5.32 Å². The molecule has 0 radical (unpaired) electrons. The van der Waals surface area contributed by atoms with Gasteiger partial charge in [0, 0.05) is 19.4 Å². The van der Waals surface area contributed by atoms with Crippen LogP contribution in [-0.4, -0.2) is 25.0 Å². The third kappa shape index (κ3) is 6.98. The van der Waals surface area contributed by atoms with Gasteiger partial charge >= 0.3 is 0 Å². The van der Waals surface area contributed by atoms with E-state index in [4.69, 9.17) is 5.73 Å². The van der Waals surface area contributed by atoms with Crippen molar-refractivity contribution in [2.45, 2.75) is 19.3 Å². The first kappa shape index (κ1) is 10.9. The molecule has 0 aliphatic carbocycles. The van der Waals surface area contributed by atoms with Gasteiger partial charge in [-0.05, 0) is 6.42 Å². The summed E-state index contributed by atoms with van der Waals surface area (Å²) in [4.78, 5) is 21.0. The molecule has 0 bridgehead atoms. The molecule has 0 spiro atoms. The Labute approximate surface area is 70.3 Å². The maximum atomic E-state index is 11.5. The zero-order chi connectivity index (χ0) is 9.40. The summed E-state index contributed by atoms with van der Waals surface area (Å²) in [7, 11) is 0. The molecular formula is C7H13FN2O2. The first-order valence-electron chi connectivity index (χ1n) is 3.77. The zero-order valence-corrected chi connectivity index (χ0v) is 6.81. The van der Waals surface area contributed by atoms with Gasteiger partial charge in [-0.2, -0.15) is 0 Å². The standard InChI is InChI=1S/C7H13FN2O2/c8-4-1-2-7(12)10-5-3-6(9)11/h1-5H2,(H2,9,11)(H,10,12). The first-order valence-corrected chi connectivity index (χ1v) is 3.77. The molecule has 0 heterocycles. The van der Waals surface area contributed by atoms with Crippen molar-refractivity contribution in [1.29, 1.82) is 0 Å². The molecule has 0 aliphatic heterocycles. The van der Waals surface area contributed by atoms with Gasteiger partial charge in [-0.25, -0.2) is 0 Å². The van der Waals surface area contributed by atoms with Gasteiger partial charge in [-0.1, -0.05) is 0 Å². The fourth-order valence-electron chi connectivity index (χ4n) is 0.641. The summed E-state index contributed by atoms with van der Waals surface area (Å²) in [6, 6.07) is 0. The maximum Gasteiger partial charge on any atom is 0.220 e. The minimum atomic E-state index is -0.497. The van der Waals surface area contributed by atoms with E-state index in [1.807, 2.05) is 0 Å². The van der Waals surface area contributed by atoms with E-state index in [0.29, 0.717) is 0 Å². The second-order valence-electron chi connectivity index (χ2n) is 2.36. The van der Waals surface area contributed by atoms with Crippen LogP contribution in [0, 0.1) is 0 Å². The van der Waals surface area contributed by atoms with Crippen molar-refractivity contribution in [2.75, 3.05) is 13.2 Å². The van der Waals surface area contributed by atoms with Crippen LogP contribution in [0.1, 0.15) is 19.3 Å². The molecule has 0 unspecified atom stereocenters. The van der Waals surface area contributed by atoms with Crippen molar-refractivity contribution in [3.63, 3.8) is 0 Å². The Morgan fingerprint density at radius 3 is 2.50 bits per heavy atom. The summed E-state index contributed by atoms with van der Waals surface area (Å²) < 4.78 is 11.5. The van der Waals surface area contributed by atoms with Gasteiger partial charge in [0.25, 0.3) is 0 Å². The smallest absolute Gasteiger partial charge is 0.220 e. The van der Waals surface area contributed by atoms with Crippen LogP contribution in [0.4, 0.5) is 4.39 Å². The third-order valence-electron chi connectivity index (χ3n) is 1.23. The zero-order valence-electron chi connectivity index (χ0n) is 6.81. The molecule has 0 atom stereocenters. The lowest BCUT2D eigenvalue weighted by atomic mass is 10.3. The Bertz CT molecular complexity index is 161. The van der Waals surface area contributed by atoms with E-state index in [1.54, 1.807) is 0 Å². The second kappa shape index (κ2) is 6.57. The Balaban J connectivity index is 3.25. The molecule has 3 N–H and O–H groups in total. The summed E-state index contributed by atoms with van der Waals surface area (Å²) in [6.07, 6.45) is 0.513. The topological polar surface area (TPSA) is 72.2 Å². The number of alkyl halides is 1. The monoisotopic (exact) mass is 176 g/mol. The number of hydrogen-bond donors (Lipinski definition) is 2.